The lowest BCUT2D eigenvalue weighted by Crippen LogP contribution is -2.42. The number of halogens is 3. The lowest BCUT2D eigenvalue weighted by atomic mass is 10.1. The Hall–Kier alpha value is -2.88. The van der Waals surface area contributed by atoms with Crippen molar-refractivity contribution in [2.75, 3.05) is 25.0 Å². The van der Waals surface area contributed by atoms with E-state index < -0.39 is 23.6 Å². The Kier molecular flexibility index (Phi) is 5.98. The summed E-state index contributed by atoms with van der Waals surface area (Å²) in [5, 5.41) is 6.05. The van der Waals surface area contributed by atoms with Gasteiger partial charge >= 0.3 is 6.18 Å². The molecule has 28 heavy (non-hydrogen) atoms. The van der Waals surface area contributed by atoms with Crippen molar-refractivity contribution in [3.8, 4) is 0 Å². The number of carbonyl (C=O) groups is 2. The highest BCUT2D eigenvalue weighted by Gasteiger charge is 2.31. The number of hydrogen-bond acceptors (Lipinski definition) is 5. The molecule has 2 aromatic rings. The minimum absolute atomic E-state index is 0.0558. The van der Waals surface area contributed by atoms with E-state index in [2.05, 4.69) is 15.0 Å². The summed E-state index contributed by atoms with van der Waals surface area (Å²) in [7, 11) is 0. The number of amides is 2. The normalized spacial score (nSPS) is 16.8. The third-order valence-electron chi connectivity index (χ3n) is 4.23. The third-order valence-corrected chi connectivity index (χ3v) is 4.23. The second-order valence-electron chi connectivity index (χ2n) is 6.33. The van der Waals surface area contributed by atoms with Crippen molar-refractivity contribution in [3.63, 3.8) is 0 Å². The predicted molar refractivity (Wildman–Crippen MR) is 91.5 cm³/mol. The Morgan fingerprint density at radius 2 is 1.96 bits per heavy atom. The molecule has 1 atom stereocenters. The summed E-state index contributed by atoms with van der Waals surface area (Å²) in [4.78, 5) is 26.3. The molecule has 1 aromatic heterocycles. The van der Waals surface area contributed by atoms with E-state index in [1.165, 1.54) is 17.2 Å². The van der Waals surface area contributed by atoms with Crippen molar-refractivity contribution in [2.24, 2.45) is 0 Å². The Morgan fingerprint density at radius 1 is 1.21 bits per heavy atom. The van der Waals surface area contributed by atoms with Gasteiger partial charge in [-0.3, -0.25) is 9.59 Å². The molecule has 0 aliphatic carbocycles. The van der Waals surface area contributed by atoms with Gasteiger partial charge in [-0.1, -0.05) is 5.16 Å². The van der Waals surface area contributed by atoms with Crippen molar-refractivity contribution in [1.29, 1.82) is 0 Å². The van der Waals surface area contributed by atoms with Crippen LogP contribution in [-0.4, -0.2) is 47.7 Å². The fourth-order valence-corrected chi connectivity index (χ4v) is 2.87. The summed E-state index contributed by atoms with van der Waals surface area (Å²) in [6, 6.07) is 5.33. The molecule has 0 radical (unpaired) electrons. The Labute approximate surface area is 158 Å². The van der Waals surface area contributed by atoms with Crippen molar-refractivity contribution in [3.05, 3.63) is 47.7 Å². The van der Waals surface area contributed by atoms with Crippen LogP contribution in [0.25, 0.3) is 0 Å². The van der Waals surface area contributed by atoms with Crippen LogP contribution in [0.1, 0.15) is 28.8 Å². The average molecular weight is 397 g/mol. The molecule has 0 saturated carbocycles. The van der Waals surface area contributed by atoms with Crippen molar-refractivity contribution >= 4 is 17.6 Å². The van der Waals surface area contributed by atoms with Gasteiger partial charge in [-0.15, -0.1) is 0 Å². The van der Waals surface area contributed by atoms with E-state index in [0.29, 0.717) is 6.61 Å². The number of carbonyl (C=O) groups excluding carboxylic acids is 2. The summed E-state index contributed by atoms with van der Waals surface area (Å²) in [5.41, 5.74) is -0.793. The van der Waals surface area contributed by atoms with E-state index in [0.717, 1.165) is 37.1 Å². The van der Waals surface area contributed by atoms with Gasteiger partial charge in [0.15, 0.2) is 5.82 Å². The molecular formula is C18H18F3N3O4. The zero-order valence-electron chi connectivity index (χ0n) is 14.7. The summed E-state index contributed by atoms with van der Waals surface area (Å²) in [6.07, 6.45) is -1.85. The predicted octanol–water partition coefficient (Wildman–Crippen LogP) is 2.95. The van der Waals surface area contributed by atoms with Crippen LogP contribution >= 0.6 is 0 Å². The molecule has 0 spiro atoms. The first-order valence-corrected chi connectivity index (χ1v) is 8.61. The molecular weight excluding hydrogens is 379 g/mol. The van der Waals surface area contributed by atoms with Gasteiger partial charge in [-0.25, -0.2) is 0 Å². The zero-order valence-corrected chi connectivity index (χ0v) is 14.7. The highest BCUT2D eigenvalue weighted by atomic mass is 19.4. The number of benzene rings is 1. The first-order valence-electron chi connectivity index (χ1n) is 8.61. The van der Waals surface area contributed by atoms with E-state index in [9.17, 15) is 22.8 Å². The van der Waals surface area contributed by atoms with Crippen molar-refractivity contribution < 1.29 is 32.0 Å². The van der Waals surface area contributed by atoms with Crippen LogP contribution < -0.4 is 5.32 Å². The topological polar surface area (TPSA) is 84.7 Å². The summed E-state index contributed by atoms with van der Waals surface area (Å²) in [6.45, 7) is 0.427. The van der Waals surface area contributed by atoms with E-state index in [4.69, 9.17) is 4.74 Å². The van der Waals surface area contributed by atoms with Crippen LogP contribution in [0.5, 0.6) is 0 Å². The molecule has 1 fully saturated rings. The van der Waals surface area contributed by atoms with E-state index in [1.54, 1.807) is 0 Å². The maximum atomic E-state index is 12.8. The number of ether oxygens (including phenoxy) is 1. The molecule has 3 rings (SSSR count). The van der Waals surface area contributed by atoms with E-state index in [1.807, 2.05) is 0 Å². The summed E-state index contributed by atoms with van der Waals surface area (Å²) >= 11 is 0. The van der Waals surface area contributed by atoms with Gasteiger partial charge in [0.25, 0.3) is 5.91 Å². The van der Waals surface area contributed by atoms with Crippen LogP contribution in [0, 0.1) is 0 Å². The molecule has 1 N–H and O–H groups in total. The fourth-order valence-electron chi connectivity index (χ4n) is 2.87. The van der Waals surface area contributed by atoms with Crippen LogP contribution in [-0.2, 0) is 15.7 Å². The molecule has 0 unspecified atom stereocenters. The second kappa shape index (κ2) is 8.42. The Morgan fingerprint density at radius 3 is 2.54 bits per heavy atom. The Balaban J connectivity index is 1.72. The third kappa shape index (κ3) is 5.10. The van der Waals surface area contributed by atoms with Crippen LogP contribution in [0.2, 0.25) is 0 Å². The van der Waals surface area contributed by atoms with Gasteiger partial charge in [0, 0.05) is 24.8 Å². The number of anilines is 1. The molecule has 2 heterocycles. The molecule has 1 aliphatic rings. The number of alkyl halides is 3. The lowest BCUT2D eigenvalue weighted by molar-refractivity contribution is -0.137. The standard InChI is InChI=1S/C18H18F3N3O4/c19-18(20,21)13-5-3-12(4-6-13)17(26)24(10-14-2-1-8-27-14)11-16(25)22-15-7-9-28-23-15/h3-7,9,14H,1-2,8,10-11H2,(H,22,23,25)/t14-/m0/s1. The van der Waals surface area contributed by atoms with E-state index in [-0.39, 0.29) is 30.6 Å². The smallest absolute Gasteiger partial charge is 0.376 e. The summed E-state index contributed by atoms with van der Waals surface area (Å²) < 4.78 is 48.3. The zero-order chi connectivity index (χ0) is 20.1. The highest BCUT2D eigenvalue weighted by Crippen LogP contribution is 2.29. The SMILES string of the molecule is O=C(CN(C[C@@H]1CCCO1)C(=O)c1ccc(C(F)(F)F)cc1)Nc1ccon1. The van der Waals surface area contributed by atoms with Gasteiger partial charge in [-0.05, 0) is 37.1 Å². The quantitative estimate of drug-likeness (QED) is 0.810. The minimum atomic E-state index is -4.49. The van der Waals surface area contributed by atoms with E-state index >= 15 is 0 Å². The second-order valence-corrected chi connectivity index (χ2v) is 6.33. The molecule has 2 amide bonds. The van der Waals surface area contributed by atoms with Crippen LogP contribution in [0.4, 0.5) is 19.0 Å². The van der Waals surface area contributed by atoms with Crippen molar-refractivity contribution in [2.45, 2.75) is 25.1 Å². The lowest BCUT2D eigenvalue weighted by Gasteiger charge is -2.25. The number of aromatic nitrogens is 1. The molecule has 1 aliphatic heterocycles. The number of nitrogens with zero attached hydrogens (tertiary/aromatic N) is 2. The Bertz CT molecular complexity index is 800. The number of rotatable bonds is 6. The highest BCUT2D eigenvalue weighted by molar-refractivity contribution is 5.99. The van der Waals surface area contributed by atoms with Gasteiger partial charge in [0.2, 0.25) is 5.91 Å². The molecule has 150 valence electrons. The molecule has 1 saturated heterocycles. The number of nitrogens with one attached hydrogen (secondary N) is 1. The average Bonchev–Trinajstić information content (AvgIpc) is 3.34. The molecule has 7 nitrogen and oxygen atoms in total. The maximum Gasteiger partial charge on any atom is 0.416 e. The first kappa shape index (κ1) is 19.9. The van der Waals surface area contributed by atoms with Gasteiger partial charge in [-0.2, -0.15) is 13.2 Å². The van der Waals surface area contributed by atoms with Gasteiger partial charge in [0.1, 0.15) is 12.8 Å². The van der Waals surface area contributed by atoms with Crippen LogP contribution in [0.3, 0.4) is 0 Å². The first-order chi connectivity index (χ1) is 13.3. The monoisotopic (exact) mass is 397 g/mol. The largest absolute Gasteiger partial charge is 0.416 e. The van der Waals surface area contributed by atoms with Crippen LogP contribution in [0.15, 0.2) is 41.1 Å². The van der Waals surface area contributed by atoms with Gasteiger partial charge < -0.3 is 19.5 Å². The summed E-state index contributed by atoms with van der Waals surface area (Å²) in [5.74, 6) is -0.865. The molecule has 0 bridgehead atoms. The maximum absolute atomic E-state index is 12.8. The number of hydrogen-bond donors (Lipinski definition) is 1. The fraction of sp³-hybridized carbons (Fsp3) is 0.389. The van der Waals surface area contributed by atoms with Crippen molar-refractivity contribution in [1.82, 2.24) is 10.1 Å². The molecule has 10 heteroatoms. The van der Waals surface area contributed by atoms with Gasteiger partial charge in [0.05, 0.1) is 11.7 Å². The minimum Gasteiger partial charge on any atom is -0.376 e. The molecule has 1 aromatic carbocycles.